The molecule has 2 unspecified atom stereocenters. The largest absolute Gasteiger partial charge is 0.394 e. The van der Waals surface area contributed by atoms with Crippen molar-refractivity contribution in [3.05, 3.63) is 0 Å². The number of rotatable bonds is 7. The van der Waals surface area contributed by atoms with Crippen LogP contribution in [0.5, 0.6) is 0 Å². The van der Waals surface area contributed by atoms with Crippen LogP contribution in [-0.2, 0) is 0 Å². The zero-order valence-corrected chi connectivity index (χ0v) is 11.0. The standard InChI is InChI=1S/C12H26N2O2/c1-5-6-7-8-10(2)13-12(16)14(4)11(3)9-15/h10-11,15H,5-9H2,1-4H3,(H,13,16). The fourth-order valence-corrected chi connectivity index (χ4v) is 1.41. The van der Waals surface area contributed by atoms with Crippen molar-refractivity contribution in [3.8, 4) is 0 Å². The smallest absolute Gasteiger partial charge is 0.317 e. The van der Waals surface area contributed by atoms with Crippen LogP contribution in [-0.4, -0.2) is 41.8 Å². The van der Waals surface area contributed by atoms with Crippen molar-refractivity contribution in [1.82, 2.24) is 10.2 Å². The normalized spacial score (nSPS) is 14.3. The van der Waals surface area contributed by atoms with Gasteiger partial charge in [0.25, 0.3) is 0 Å². The Morgan fingerprint density at radius 2 is 2.00 bits per heavy atom. The van der Waals surface area contributed by atoms with Gasteiger partial charge in [0.15, 0.2) is 0 Å². The Labute approximate surface area is 99.0 Å². The highest BCUT2D eigenvalue weighted by molar-refractivity contribution is 5.74. The fourth-order valence-electron chi connectivity index (χ4n) is 1.41. The van der Waals surface area contributed by atoms with E-state index in [9.17, 15) is 4.79 Å². The molecule has 0 bridgehead atoms. The number of hydrogen-bond donors (Lipinski definition) is 2. The second-order valence-corrected chi connectivity index (χ2v) is 4.49. The Hall–Kier alpha value is -0.770. The number of carbonyl (C=O) groups is 1. The first-order valence-electron chi connectivity index (χ1n) is 6.17. The summed E-state index contributed by atoms with van der Waals surface area (Å²) in [6.07, 6.45) is 4.57. The van der Waals surface area contributed by atoms with Gasteiger partial charge in [0.05, 0.1) is 12.6 Å². The number of aliphatic hydroxyl groups excluding tert-OH is 1. The molecule has 0 fully saturated rings. The predicted octanol–water partition coefficient (Wildman–Crippen LogP) is 1.98. The highest BCUT2D eigenvalue weighted by Gasteiger charge is 2.16. The minimum Gasteiger partial charge on any atom is -0.394 e. The molecule has 0 radical (unpaired) electrons. The molecule has 0 heterocycles. The third-order valence-electron chi connectivity index (χ3n) is 2.86. The van der Waals surface area contributed by atoms with Gasteiger partial charge >= 0.3 is 6.03 Å². The lowest BCUT2D eigenvalue weighted by atomic mass is 10.1. The molecule has 0 aliphatic rings. The lowest BCUT2D eigenvalue weighted by molar-refractivity contribution is 0.155. The van der Waals surface area contributed by atoms with E-state index in [0.29, 0.717) is 0 Å². The quantitative estimate of drug-likeness (QED) is 0.657. The van der Waals surface area contributed by atoms with Gasteiger partial charge in [-0.05, 0) is 20.3 Å². The van der Waals surface area contributed by atoms with Crippen LogP contribution in [0.2, 0.25) is 0 Å². The lowest BCUT2D eigenvalue weighted by Crippen LogP contribution is -2.46. The summed E-state index contributed by atoms with van der Waals surface area (Å²) in [6.45, 7) is 6.00. The van der Waals surface area contributed by atoms with Crippen molar-refractivity contribution < 1.29 is 9.90 Å². The summed E-state index contributed by atoms with van der Waals surface area (Å²) in [5, 5.41) is 11.9. The summed E-state index contributed by atoms with van der Waals surface area (Å²) in [4.78, 5) is 13.2. The van der Waals surface area contributed by atoms with E-state index in [1.807, 2.05) is 13.8 Å². The van der Waals surface area contributed by atoms with Crippen molar-refractivity contribution in [2.45, 2.75) is 58.5 Å². The fraction of sp³-hybridized carbons (Fsp3) is 0.917. The van der Waals surface area contributed by atoms with E-state index in [2.05, 4.69) is 12.2 Å². The first kappa shape index (κ1) is 15.2. The van der Waals surface area contributed by atoms with Crippen molar-refractivity contribution in [1.29, 1.82) is 0 Å². The molecule has 0 aromatic heterocycles. The van der Waals surface area contributed by atoms with Gasteiger partial charge in [-0.1, -0.05) is 26.2 Å². The molecule has 0 saturated heterocycles. The topological polar surface area (TPSA) is 52.6 Å². The van der Waals surface area contributed by atoms with Gasteiger partial charge in [0.1, 0.15) is 0 Å². The maximum absolute atomic E-state index is 11.7. The summed E-state index contributed by atoms with van der Waals surface area (Å²) in [5.41, 5.74) is 0. The molecule has 0 rings (SSSR count). The van der Waals surface area contributed by atoms with Gasteiger partial charge in [-0.3, -0.25) is 0 Å². The minimum atomic E-state index is -0.136. The monoisotopic (exact) mass is 230 g/mol. The number of carbonyl (C=O) groups excluding carboxylic acids is 1. The van der Waals surface area contributed by atoms with E-state index in [0.717, 1.165) is 12.8 Å². The van der Waals surface area contributed by atoms with Gasteiger partial charge in [-0.2, -0.15) is 0 Å². The molecule has 16 heavy (non-hydrogen) atoms. The molecule has 4 heteroatoms. The Kier molecular flexibility index (Phi) is 7.99. The summed E-state index contributed by atoms with van der Waals surface area (Å²) in [6, 6.07) is -0.0409. The molecule has 4 nitrogen and oxygen atoms in total. The first-order chi connectivity index (χ1) is 7.52. The van der Waals surface area contributed by atoms with Crippen LogP contribution < -0.4 is 5.32 Å². The molecule has 0 spiro atoms. The summed E-state index contributed by atoms with van der Waals surface area (Å²) in [5.74, 6) is 0. The Bertz CT molecular complexity index is 197. The highest BCUT2D eigenvalue weighted by atomic mass is 16.3. The van der Waals surface area contributed by atoms with Crippen LogP contribution in [0.3, 0.4) is 0 Å². The van der Waals surface area contributed by atoms with Gasteiger partial charge in [0.2, 0.25) is 0 Å². The van der Waals surface area contributed by atoms with Gasteiger partial charge in [0, 0.05) is 13.1 Å². The van der Waals surface area contributed by atoms with Gasteiger partial charge in [-0.25, -0.2) is 4.79 Å². The van der Waals surface area contributed by atoms with E-state index < -0.39 is 0 Å². The average molecular weight is 230 g/mol. The van der Waals surface area contributed by atoms with Crippen molar-refractivity contribution in [2.75, 3.05) is 13.7 Å². The number of nitrogens with zero attached hydrogens (tertiary/aromatic N) is 1. The number of amides is 2. The zero-order chi connectivity index (χ0) is 12.6. The molecule has 0 aliphatic heterocycles. The van der Waals surface area contributed by atoms with E-state index in [1.54, 1.807) is 7.05 Å². The molecule has 2 amide bonds. The predicted molar refractivity (Wildman–Crippen MR) is 66.4 cm³/mol. The summed E-state index contributed by atoms with van der Waals surface area (Å²) < 4.78 is 0. The van der Waals surface area contributed by atoms with Crippen LogP contribution >= 0.6 is 0 Å². The number of nitrogens with one attached hydrogen (secondary N) is 1. The van der Waals surface area contributed by atoms with E-state index in [1.165, 1.54) is 17.7 Å². The third kappa shape index (κ3) is 5.95. The highest BCUT2D eigenvalue weighted by Crippen LogP contribution is 2.04. The maximum atomic E-state index is 11.7. The van der Waals surface area contributed by atoms with Gasteiger partial charge < -0.3 is 15.3 Å². The molecule has 2 atom stereocenters. The lowest BCUT2D eigenvalue weighted by Gasteiger charge is -2.25. The second-order valence-electron chi connectivity index (χ2n) is 4.49. The summed E-state index contributed by atoms with van der Waals surface area (Å²) in [7, 11) is 1.70. The van der Waals surface area contributed by atoms with E-state index in [4.69, 9.17) is 5.11 Å². The molecule has 0 aromatic carbocycles. The minimum absolute atomic E-state index is 0.00582. The molecular formula is C12H26N2O2. The summed E-state index contributed by atoms with van der Waals surface area (Å²) >= 11 is 0. The van der Waals surface area contributed by atoms with Crippen molar-refractivity contribution in [3.63, 3.8) is 0 Å². The molecule has 0 saturated carbocycles. The van der Waals surface area contributed by atoms with Crippen LogP contribution in [0.25, 0.3) is 0 Å². The first-order valence-corrected chi connectivity index (χ1v) is 6.17. The molecule has 0 aliphatic carbocycles. The zero-order valence-electron chi connectivity index (χ0n) is 11.0. The number of aliphatic hydroxyl groups is 1. The Morgan fingerprint density at radius 3 is 2.50 bits per heavy atom. The van der Waals surface area contributed by atoms with Crippen LogP contribution in [0.15, 0.2) is 0 Å². The number of unbranched alkanes of at least 4 members (excludes halogenated alkanes) is 2. The molecule has 96 valence electrons. The average Bonchev–Trinajstić information content (AvgIpc) is 2.27. The number of urea groups is 1. The maximum Gasteiger partial charge on any atom is 0.317 e. The second kappa shape index (κ2) is 8.39. The SMILES string of the molecule is CCCCCC(C)NC(=O)N(C)C(C)CO. The Balaban J connectivity index is 3.85. The van der Waals surface area contributed by atoms with Gasteiger partial charge in [-0.15, -0.1) is 0 Å². The van der Waals surface area contributed by atoms with Crippen molar-refractivity contribution >= 4 is 6.03 Å². The molecular weight excluding hydrogens is 204 g/mol. The van der Waals surface area contributed by atoms with E-state index >= 15 is 0 Å². The molecule has 0 aromatic rings. The molecule has 2 N–H and O–H groups in total. The number of hydrogen-bond acceptors (Lipinski definition) is 2. The third-order valence-corrected chi connectivity index (χ3v) is 2.86. The van der Waals surface area contributed by atoms with Crippen molar-refractivity contribution in [2.24, 2.45) is 0 Å². The number of likely N-dealkylation sites (N-methyl/N-ethyl adjacent to an activating group) is 1. The Morgan fingerprint density at radius 1 is 1.38 bits per heavy atom. The van der Waals surface area contributed by atoms with Crippen LogP contribution in [0, 0.1) is 0 Å². The van der Waals surface area contributed by atoms with Crippen LogP contribution in [0.4, 0.5) is 4.79 Å². The van der Waals surface area contributed by atoms with Crippen LogP contribution in [0.1, 0.15) is 46.5 Å². The van der Waals surface area contributed by atoms with E-state index in [-0.39, 0.29) is 24.7 Å².